The van der Waals surface area contributed by atoms with E-state index in [0.717, 1.165) is 61.8 Å². The number of pyridine rings is 1. The number of aryl methyl sites for hydroxylation is 1. The van der Waals surface area contributed by atoms with E-state index in [9.17, 15) is 14.4 Å². The van der Waals surface area contributed by atoms with Crippen LogP contribution in [0.1, 0.15) is 70.0 Å². The van der Waals surface area contributed by atoms with Crippen LogP contribution in [-0.2, 0) is 25.2 Å². The Morgan fingerprint density at radius 2 is 1.44 bits per heavy atom. The van der Waals surface area contributed by atoms with Crippen molar-refractivity contribution >= 4 is 57.9 Å². The number of fused-ring (bicyclic) bond motifs is 2. The standard InChI is InChI=1S/C41H34N2O10S2/c1-2-3-4-6-13-24-20-21-30(33(22-24)55-53-51-48)49-31-23-29(42-28-18-11-12-19-32(28)54-52-50-47)35-36-34(26-16-9-10-17-27(26)40(35)45)37(41(46)43-38(31)36)39(44)25-14-7-5-8-15-25/h5,7-12,14-23,42,47-48H,2-4,6,13H2,1H3,(H,43,46). The Balaban J connectivity index is 1.48. The highest BCUT2D eigenvalue weighted by Gasteiger charge is 2.35. The minimum Gasteiger partial charge on any atom is -0.454 e. The molecule has 0 amide bonds. The second-order valence-corrected chi connectivity index (χ2v) is 14.1. The van der Waals surface area contributed by atoms with Crippen LogP contribution < -0.4 is 15.6 Å². The number of nitrogens with one attached hydrogen (secondary N) is 2. The Hall–Kier alpha value is -5.29. The van der Waals surface area contributed by atoms with E-state index in [-0.39, 0.29) is 39.4 Å². The number of aromatic amines is 1. The van der Waals surface area contributed by atoms with Gasteiger partial charge < -0.3 is 15.0 Å². The maximum atomic E-state index is 14.6. The largest absolute Gasteiger partial charge is 0.454 e. The van der Waals surface area contributed by atoms with Crippen molar-refractivity contribution in [2.75, 3.05) is 5.32 Å². The number of para-hydroxylation sites is 1. The highest BCUT2D eigenvalue weighted by Crippen LogP contribution is 2.48. The summed E-state index contributed by atoms with van der Waals surface area (Å²) in [6.45, 7) is 2.15. The third kappa shape index (κ3) is 7.94. The van der Waals surface area contributed by atoms with Crippen LogP contribution in [0.25, 0.3) is 22.0 Å². The number of benzene rings is 5. The van der Waals surface area contributed by atoms with Crippen molar-refractivity contribution in [1.29, 1.82) is 0 Å². The van der Waals surface area contributed by atoms with E-state index in [1.54, 1.807) is 91.0 Å². The maximum Gasteiger partial charge on any atom is 0.260 e. The van der Waals surface area contributed by atoms with Crippen LogP contribution in [0.15, 0.2) is 118 Å². The Morgan fingerprint density at radius 1 is 0.727 bits per heavy atom. The van der Waals surface area contributed by atoms with Crippen molar-refractivity contribution in [2.24, 2.45) is 0 Å². The van der Waals surface area contributed by atoms with E-state index in [0.29, 0.717) is 43.3 Å². The molecule has 6 aromatic rings. The second-order valence-electron chi connectivity index (χ2n) is 12.6. The Morgan fingerprint density at radius 3 is 2.20 bits per heavy atom. The van der Waals surface area contributed by atoms with Crippen molar-refractivity contribution in [3.05, 3.63) is 141 Å². The van der Waals surface area contributed by atoms with E-state index < -0.39 is 11.3 Å². The summed E-state index contributed by atoms with van der Waals surface area (Å²) < 4.78 is 16.2. The molecule has 5 aromatic carbocycles. The number of hydrogen-bond donors (Lipinski definition) is 4. The molecule has 14 heteroatoms. The summed E-state index contributed by atoms with van der Waals surface area (Å²) in [5.74, 6) is -0.455. The minimum absolute atomic E-state index is 0.132. The molecule has 1 aliphatic carbocycles. The van der Waals surface area contributed by atoms with E-state index in [1.165, 1.54) is 0 Å². The molecule has 0 radical (unpaired) electrons. The van der Waals surface area contributed by atoms with Gasteiger partial charge in [-0.3, -0.25) is 14.4 Å². The van der Waals surface area contributed by atoms with Crippen LogP contribution >= 0.6 is 24.1 Å². The van der Waals surface area contributed by atoms with Crippen molar-refractivity contribution in [2.45, 2.75) is 48.8 Å². The maximum absolute atomic E-state index is 14.6. The monoisotopic (exact) mass is 778 g/mol. The third-order valence-electron chi connectivity index (χ3n) is 9.20. The van der Waals surface area contributed by atoms with Crippen molar-refractivity contribution in [3.63, 3.8) is 0 Å². The van der Waals surface area contributed by atoms with Crippen molar-refractivity contribution in [1.82, 2.24) is 4.98 Å². The fourth-order valence-electron chi connectivity index (χ4n) is 6.74. The molecule has 55 heavy (non-hydrogen) atoms. The summed E-state index contributed by atoms with van der Waals surface area (Å²) >= 11 is 1.46. The predicted octanol–water partition coefficient (Wildman–Crippen LogP) is 10.5. The molecule has 0 saturated carbocycles. The fraction of sp³-hybridized carbons (Fsp3) is 0.146. The third-order valence-corrected chi connectivity index (χ3v) is 10.5. The highest BCUT2D eigenvalue weighted by molar-refractivity contribution is 7.95. The van der Waals surface area contributed by atoms with E-state index in [2.05, 4.69) is 27.3 Å². The summed E-state index contributed by atoms with van der Waals surface area (Å²) in [6.07, 6.45) is 5.10. The zero-order valence-electron chi connectivity index (χ0n) is 29.3. The van der Waals surface area contributed by atoms with Gasteiger partial charge in [-0.05, 0) is 48.2 Å². The summed E-state index contributed by atoms with van der Waals surface area (Å²) in [5.41, 5.74) is 2.60. The molecule has 0 aliphatic heterocycles. The first-order valence-electron chi connectivity index (χ1n) is 17.4. The van der Waals surface area contributed by atoms with Crippen molar-refractivity contribution in [3.8, 4) is 22.6 Å². The molecule has 0 atom stereocenters. The van der Waals surface area contributed by atoms with Crippen LogP contribution in [0, 0.1) is 0 Å². The molecule has 0 spiro atoms. The number of ketones is 2. The fourth-order valence-corrected chi connectivity index (χ4v) is 7.68. The number of ether oxygens (including phenoxy) is 1. The lowest BCUT2D eigenvalue weighted by Crippen LogP contribution is -2.24. The smallest absolute Gasteiger partial charge is 0.260 e. The zero-order chi connectivity index (χ0) is 38.3. The van der Waals surface area contributed by atoms with Gasteiger partial charge in [0.15, 0.2) is 17.3 Å². The predicted molar refractivity (Wildman–Crippen MR) is 209 cm³/mol. The van der Waals surface area contributed by atoms with E-state index >= 15 is 0 Å². The number of unbranched alkanes of at least 4 members (excludes halogenated alkanes) is 3. The number of carbonyl (C=O) groups excluding carboxylic acids is 2. The Labute approximate surface area is 323 Å². The van der Waals surface area contributed by atoms with Crippen LogP contribution in [0.3, 0.4) is 0 Å². The molecule has 7 rings (SSSR count). The number of hydrogen-bond acceptors (Lipinski definition) is 13. The second kappa shape index (κ2) is 17.5. The first-order valence-corrected chi connectivity index (χ1v) is 18.9. The molecule has 1 aromatic heterocycles. The molecular weight excluding hydrogens is 745 g/mol. The van der Waals surface area contributed by atoms with Gasteiger partial charge in [0.2, 0.25) is 0 Å². The van der Waals surface area contributed by atoms with Crippen LogP contribution in [-0.4, -0.2) is 27.1 Å². The van der Waals surface area contributed by atoms with E-state index in [4.69, 9.17) is 23.9 Å². The summed E-state index contributed by atoms with van der Waals surface area (Å²) in [4.78, 5) is 46.9. The molecule has 0 saturated heterocycles. The Kier molecular flexibility index (Phi) is 12.1. The van der Waals surface area contributed by atoms with Crippen LogP contribution in [0.5, 0.6) is 11.5 Å². The number of carbonyl (C=O) groups is 2. The molecule has 1 aliphatic rings. The van der Waals surface area contributed by atoms with Gasteiger partial charge in [0, 0.05) is 28.1 Å². The van der Waals surface area contributed by atoms with Gasteiger partial charge in [-0.1, -0.05) is 109 Å². The van der Waals surface area contributed by atoms with Gasteiger partial charge in [0.1, 0.15) is 5.75 Å². The van der Waals surface area contributed by atoms with Crippen molar-refractivity contribution < 1.29 is 43.6 Å². The average molecular weight is 779 g/mol. The molecule has 1 heterocycles. The summed E-state index contributed by atoms with van der Waals surface area (Å²) in [6, 6.07) is 29.4. The quantitative estimate of drug-likeness (QED) is 0.0227. The molecule has 280 valence electrons. The zero-order valence-corrected chi connectivity index (χ0v) is 31.0. The normalized spacial score (nSPS) is 11.8. The topological polar surface area (TPSA) is 166 Å². The molecule has 12 nitrogen and oxygen atoms in total. The number of rotatable bonds is 17. The molecule has 0 fully saturated rings. The minimum atomic E-state index is -0.672. The van der Waals surface area contributed by atoms with Gasteiger partial charge in [-0.25, -0.2) is 10.5 Å². The Bertz CT molecular complexity index is 2440. The SMILES string of the molecule is CCCCCCc1ccc(Oc2cc(Nc3ccccc3SOOO)c3c4c(c(C(=O)c5ccccc5)c(=O)[nH]c24)-c2ccccc2C3=O)c(SOOO)c1. The number of anilines is 2. The highest BCUT2D eigenvalue weighted by atomic mass is 32.2. The number of H-pyrrole nitrogens is 1. The van der Waals surface area contributed by atoms with Gasteiger partial charge in [-0.2, -0.15) is 0 Å². The van der Waals surface area contributed by atoms with Crippen LogP contribution in [0.2, 0.25) is 0 Å². The lowest BCUT2D eigenvalue weighted by atomic mass is 9.80. The van der Waals surface area contributed by atoms with Gasteiger partial charge >= 0.3 is 0 Å². The lowest BCUT2D eigenvalue weighted by molar-refractivity contribution is -0.432. The van der Waals surface area contributed by atoms with Crippen LogP contribution in [0.4, 0.5) is 11.4 Å². The number of aromatic nitrogens is 1. The summed E-state index contributed by atoms with van der Waals surface area (Å²) in [5, 5.41) is 29.3. The molecule has 0 bridgehead atoms. The van der Waals surface area contributed by atoms with Gasteiger partial charge in [0.25, 0.3) is 5.56 Å². The van der Waals surface area contributed by atoms with Gasteiger partial charge in [-0.15, -0.1) is 8.67 Å². The van der Waals surface area contributed by atoms with E-state index in [1.807, 2.05) is 12.1 Å². The summed E-state index contributed by atoms with van der Waals surface area (Å²) in [7, 11) is 0. The molecule has 0 unspecified atom stereocenters. The molecular formula is C41H34N2O10S2. The average Bonchev–Trinajstić information content (AvgIpc) is 3.21. The van der Waals surface area contributed by atoms with Gasteiger partial charge in [0.05, 0.1) is 61.9 Å². The first-order chi connectivity index (χ1) is 26.9. The lowest BCUT2D eigenvalue weighted by Gasteiger charge is -2.26. The molecule has 4 N–H and O–H groups in total. The first kappa shape index (κ1) is 38.0.